The third-order valence-electron chi connectivity index (χ3n) is 3.97. The third-order valence-corrected chi connectivity index (χ3v) is 5.07. The van der Waals surface area contributed by atoms with Gasteiger partial charge in [-0.3, -0.25) is 10.1 Å². The Morgan fingerprint density at radius 2 is 1.93 bits per heavy atom. The number of para-hydroxylation sites is 1. The molecule has 0 unspecified atom stereocenters. The summed E-state index contributed by atoms with van der Waals surface area (Å²) in [6, 6.07) is 16.2. The highest BCUT2D eigenvalue weighted by Crippen LogP contribution is 2.25. The number of carbonyl (C=O) groups excluding carboxylic acids is 1. The lowest BCUT2D eigenvalue weighted by atomic mass is 10.1. The molecule has 4 aromatic rings. The van der Waals surface area contributed by atoms with Crippen LogP contribution in [0.3, 0.4) is 0 Å². The monoisotopic (exact) mass is 408 g/mol. The molecule has 0 aliphatic carbocycles. The fourth-order valence-electron chi connectivity index (χ4n) is 2.62. The Kier molecular flexibility index (Phi) is 5.06. The zero-order valence-electron chi connectivity index (χ0n) is 14.4. The van der Waals surface area contributed by atoms with Crippen molar-refractivity contribution in [3.63, 3.8) is 0 Å². The molecule has 0 radical (unpaired) electrons. The van der Waals surface area contributed by atoms with Crippen molar-refractivity contribution in [3.05, 3.63) is 87.1 Å². The first-order chi connectivity index (χ1) is 13.6. The summed E-state index contributed by atoms with van der Waals surface area (Å²) in [7, 11) is 0. The van der Waals surface area contributed by atoms with Crippen LogP contribution in [-0.4, -0.2) is 10.9 Å². The van der Waals surface area contributed by atoms with Crippen LogP contribution in [0.4, 0.5) is 5.13 Å². The van der Waals surface area contributed by atoms with Crippen molar-refractivity contribution in [3.8, 4) is 11.3 Å². The van der Waals surface area contributed by atoms with Crippen LogP contribution in [0.1, 0.15) is 5.56 Å². The molecule has 0 aliphatic heterocycles. The summed E-state index contributed by atoms with van der Waals surface area (Å²) < 4.78 is 5.33. The molecule has 0 spiro atoms. The average Bonchev–Trinajstić information content (AvgIpc) is 3.15. The Labute approximate surface area is 168 Å². The molecular weight excluding hydrogens is 396 g/mol. The van der Waals surface area contributed by atoms with Crippen LogP contribution in [0.5, 0.6) is 0 Å². The van der Waals surface area contributed by atoms with Crippen molar-refractivity contribution >= 4 is 51.0 Å². The molecule has 138 valence electrons. The summed E-state index contributed by atoms with van der Waals surface area (Å²) in [5.74, 6) is -0.341. The average molecular weight is 409 g/mol. The molecule has 0 fully saturated rings. The molecule has 5 nitrogen and oxygen atoms in total. The Morgan fingerprint density at radius 1 is 1.14 bits per heavy atom. The summed E-state index contributed by atoms with van der Waals surface area (Å²) in [4.78, 5) is 28.7. The van der Waals surface area contributed by atoms with Crippen molar-refractivity contribution in [2.45, 2.75) is 0 Å². The molecular formula is C21H13ClN2O3S. The second-order valence-corrected chi connectivity index (χ2v) is 7.13. The number of halogens is 1. The van der Waals surface area contributed by atoms with E-state index in [2.05, 4.69) is 10.3 Å². The molecule has 2 aromatic carbocycles. The highest BCUT2D eigenvalue weighted by molar-refractivity contribution is 7.14. The first-order valence-electron chi connectivity index (χ1n) is 8.32. The Morgan fingerprint density at radius 3 is 2.79 bits per heavy atom. The molecule has 2 heterocycles. The molecule has 0 saturated heterocycles. The number of anilines is 1. The molecule has 0 saturated carbocycles. The molecule has 2 aromatic heterocycles. The summed E-state index contributed by atoms with van der Waals surface area (Å²) in [5.41, 5.74) is 1.59. The maximum atomic E-state index is 12.2. The van der Waals surface area contributed by atoms with Gasteiger partial charge in [0.25, 0.3) is 0 Å². The minimum absolute atomic E-state index is 0.341. The van der Waals surface area contributed by atoms with Gasteiger partial charge in [-0.1, -0.05) is 48.0 Å². The van der Waals surface area contributed by atoms with Crippen LogP contribution in [0.2, 0.25) is 5.02 Å². The minimum Gasteiger partial charge on any atom is -0.422 e. The van der Waals surface area contributed by atoms with Crippen molar-refractivity contribution in [2.24, 2.45) is 0 Å². The van der Waals surface area contributed by atoms with E-state index in [0.29, 0.717) is 27.0 Å². The van der Waals surface area contributed by atoms with E-state index in [9.17, 15) is 9.59 Å². The topological polar surface area (TPSA) is 72.2 Å². The van der Waals surface area contributed by atoms with Gasteiger partial charge in [0, 0.05) is 21.9 Å². The fourth-order valence-corrected chi connectivity index (χ4v) is 3.53. The predicted molar refractivity (Wildman–Crippen MR) is 113 cm³/mol. The zero-order valence-corrected chi connectivity index (χ0v) is 16.0. The molecule has 0 bridgehead atoms. The first kappa shape index (κ1) is 18.2. The van der Waals surface area contributed by atoms with Crippen molar-refractivity contribution in [1.29, 1.82) is 0 Å². The van der Waals surface area contributed by atoms with E-state index < -0.39 is 5.63 Å². The molecule has 1 amide bonds. The lowest BCUT2D eigenvalue weighted by molar-refractivity contribution is -0.111. The summed E-state index contributed by atoms with van der Waals surface area (Å²) in [5, 5.41) is 6.14. The van der Waals surface area contributed by atoms with Gasteiger partial charge in [-0.15, -0.1) is 11.3 Å². The number of nitrogens with one attached hydrogen (secondary N) is 1. The van der Waals surface area contributed by atoms with E-state index in [4.69, 9.17) is 16.0 Å². The van der Waals surface area contributed by atoms with Crippen LogP contribution in [-0.2, 0) is 4.79 Å². The van der Waals surface area contributed by atoms with Gasteiger partial charge in [0.15, 0.2) is 5.13 Å². The summed E-state index contributed by atoms with van der Waals surface area (Å²) >= 11 is 7.29. The van der Waals surface area contributed by atoms with E-state index in [1.807, 2.05) is 30.3 Å². The molecule has 0 aliphatic rings. The molecule has 0 atom stereocenters. The maximum absolute atomic E-state index is 12.2. The highest BCUT2D eigenvalue weighted by atomic mass is 35.5. The second kappa shape index (κ2) is 7.80. The third kappa shape index (κ3) is 3.88. The summed E-state index contributed by atoms with van der Waals surface area (Å²) in [6.07, 6.45) is 3.01. The number of amides is 1. The van der Waals surface area contributed by atoms with Gasteiger partial charge < -0.3 is 4.42 Å². The molecule has 7 heteroatoms. The van der Waals surface area contributed by atoms with Crippen LogP contribution in [0.15, 0.2) is 75.3 Å². The van der Waals surface area contributed by atoms with Crippen LogP contribution < -0.4 is 10.9 Å². The van der Waals surface area contributed by atoms with Gasteiger partial charge in [-0.05, 0) is 29.8 Å². The smallest absolute Gasteiger partial charge is 0.345 e. The standard InChI is InChI=1S/C21H13ClN2O3S/c22-16-7-3-1-5-13(16)9-10-19(25)24-21-23-17(12-28-21)15-11-14-6-2-4-8-18(14)27-20(15)26/h1-12H,(H,23,24,25). The number of thiazole rings is 1. The van der Waals surface area contributed by atoms with Crippen molar-refractivity contribution in [1.82, 2.24) is 4.98 Å². The van der Waals surface area contributed by atoms with E-state index in [0.717, 1.165) is 10.9 Å². The number of hydrogen-bond acceptors (Lipinski definition) is 5. The van der Waals surface area contributed by atoms with Crippen LogP contribution in [0.25, 0.3) is 28.3 Å². The van der Waals surface area contributed by atoms with Gasteiger partial charge in [0.05, 0.1) is 11.3 Å². The number of hydrogen-bond donors (Lipinski definition) is 1. The maximum Gasteiger partial charge on any atom is 0.345 e. The second-order valence-electron chi connectivity index (χ2n) is 5.87. The fraction of sp³-hybridized carbons (Fsp3) is 0. The van der Waals surface area contributed by atoms with E-state index in [1.54, 1.807) is 35.7 Å². The van der Waals surface area contributed by atoms with E-state index in [1.165, 1.54) is 17.4 Å². The van der Waals surface area contributed by atoms with Crippen molar-refractivity contribution in [2.75, 3.05) is 5.32 Å². The Hall–Kier alpha value is -3.22. The van der Waals surface area contributed by atoms with Gasteiger partial charge in [0.2, 0.25) is 5.91 Å². The Bertz CT molecular complexity index is 1260. The SMILES string of the molecule is O=C(C=Cc1ccccc1Cl)Nc1nc(-c2cc3ccccc3oc2=O)cs1. The van der Waals surface area contributed by atoms with Crippen molar-refractivity contribution < 1.29 is 9.21 Å². The van der Waals surface area contributed by atoms with Crippen LogP contribution in [0, 0.1) is 0 Å². The Balaban J connectivity index is 1.53. The lowest BCUT2D eigenvalue weighted by Gasteiger charge is -1.99. The van der Waals surface area contributed by atoms with Gasteiger partial charge in [-0.2, -0.15) is 0 Å². The number of aromatic nitrogens is 1. The van der Waals surface area contributed by atoms with Crippen LogP contribution >= 0.6 is 22.9 Å². The zero-order chi connectivity index (χ0) is 19.5. The highest BCUT2D eigenvalue weighted by Gasteiger charge is 2.12. The van der Waals surface area contributed by atoms with Gasteiger partial charge >= 0.3 is 5.63 Å². The number of nitrogens with zero attached hydrogens (tertiary/aromatic N) is 1. The largest absolute Gasteiger partial charge is 0.422 e. The number of benzene rings is 2. The summed E-state index contributed by atoms with van der Waals surface area (Å²) in [6.45, 7) is 0. The molecule has 1 N–H and O–H groups in total. The van der Waals surface area contributed by atoms with Gasteiger partial charge in [-0.25, -0.2) is 9.78 Å². The normalized spacial score (nSPS) is 11.2. The predicted octanol–water partition coefficient (Wildman–Crippen LogP) is 5.22. The number of rotatable bonds is 4. The quantitative estimate of drug-likeness (QED) is 0.371. The molecule has 28 heavy (non-hydrogen) atoms. The van der Waals surface area contributed by atoms with Gasteiger partial charge in [0.1, 0.15) is 5.58 Å². The lowest BCUT2D eigenvalue weighted by Crippen LogP contribution is -2.08. The van der Waals surface area contributed by atoms with E-state index >= 15 is 0 Å². The minimum atomic E-state index is -0.472. The van der Waals surface area contributed by atoms with E-state index in [-0.39, 0.29) is 5.91 Å². The first-order valence-corrected chi connectivity index (χ1v) is 9.58. The number of fused-ring (bicyclic) bond motifs is 1. The number of carbonyl (C=O) groups is 1. The molecule has 4 rings (SSSR count).